The smallest absolute Gasteiger partial charge is 0.303 e. The Morgan fingerprint density at radius 2 is 2.06 bits per heavy atom. The second-order valence-corrected chi connectivity index (χ2v) is 3.56. The summed E-state index contributed by atoms with van der Waals surface area (Å²) in [6, 6.07) is 7.50. The molecule has 0 spiro atoms. The molecule has 0 amide bonds. The Morgan fingerprint density at radius 3 is 2.65 bits per heavy atom. The van der Waals surface area contributed by atoms with Crippen LogP contribution < -0.4 is 4.74 Å². The second-order valence-electron chi connectivity index (χ2n) is 3.56. The van der Waals surface area contributed by atoms with Crippen molar-refractivity contribution in [2.24, 2.45) is 0 Å². The van der Waals surface area contributed by atoms with Crippen LogP contribution in [0.25, 0.3) is 0 Å². The number of hydrogen-bond acceptors (Lipinski definition) is 2. The molecule has 1 aromatic rings. The van der Waals surface area contributed by atoms with Crippen LogP contribution in [-0.4, -0.2) is 17.7 Å². The zero-order valence-corrected chi connectivity index (χ0v) is 9.90. The van der Waals surface area contributed by atoms with Gasteiger partial charge in [0.15, 0.2) is 0 Å². The van der Waals surface area contributed by atoms with Crippen LogP contribution in [0.5, 0.6) is 5.75 Å². The summed E-state index contributed by atoms with van der Waals surface area (Å²) in [4.78, 5) is 10.4. The summed E-state index contributed by atoms with van der Waals surface area (Å²) in [6.45, 7) is 2.38. The minimum Gasteiger partial charge on any atom is -0.493 e. The van der Waals surface area contributed by atoms with Gasteiger partial charge in [-0.25, -0.2) is 0 Å². The second kappa shape index (κ2) is 7.34. The first-order valence-electron chi connectivity index (χ1n) is 5.55. The molecule has 0 aliphatic heterocycles. The van der Waals surface area contributed by atoms with Crippen molar-refractivity contribution >= 4 is 5.97 Å². The number of hydrogen-bond donors (Lipinski definition) is 1. The first-order valence-corrected chi connectivity index (χ1v) is 5.55. The van der Waals surface area contributed by atoms with Gasteiger partial charge in [-0.2, -0.15) is 0 Å². The van der Waals surface area contributed by atoms with Gasteiger partial charge in [0.25, 0.3) is 0 Å². The first-order chi connectivity index (χ1) is 8.22. The van der Waals surface area contributed by atoms with Gasteiger partial charge in [-0.15, -0.1) is 11.8 Å². The number of ether oxygens (including phenoxy) is 1. The van der Waals surface area contributed by atoms with Gasteiger partial charge in [-0.05, 0) is 31.0 Å². The highest BCUT2D eigenvalue weighted by atomic mass is 16.5. The number of aryl methyl sites for hydroxylation is 1. The zero-order chi connectivity index (χ0) is 12.5. The number of benzene rings is 1. The normalized spacial score (nSPS) is 9.24. The minimum atomic E-state index is -0.775. The van der Waals surface area contributed by atoms with Gasteiger partial charge >= 0.3 is 5.97 Å². The third-order valence-corrected chi connectivity index (χ3v) is 2.22. The molecule has 0 bridgehead atoms. The van der Waals surface area contributed by atoms with Crippen LogP contribution >= 0.6 is 0 Å². The molecule has 0 aromatic heterocycles. The van der Waals surface area contributed by atoms with E-state index >= 15 is 0 Å². The van der Waals surface area contributed by atoms with Crippen LogP contribution in [0.4, 0.5) is 0 Å². The summed E-state index contributed by atoms with van der Waals surface area (Å²) < 4.78 is 5.47. The summed E-state index contributed by atoms with van der Waals surface area (Å²) in [5, 5.41) is 8.56. The summed E-state index contributed by atoms with van der Waals surface area (Å²) in [7, 11) is 0. The van der Waals surface area contributed by atoms with E-state index in [4.69, 9.17) is 9.84 Å². The molecule has 0 atom stereocenters. The Morgan fingerprint density at radius 1 is 1.35 bits per heavy atom. The molecule has 0 radical (unpaired) electrons. The van der Waals surface area contributed by atoms with Crippen LogP contribution in [-0.2, 0) is 11.2 Å². The summed E-state index contributed by atoms with van der Waals surface area (Å²) in [6.07, 6.45) is 1.43. The van der Waals surface area contributed by atoms with Crippen molar-refractivity contribution in [3.05, 3.63) is 29.8 Å². The Bertz CT molecular complexity index is 409. The van der Waals surface area contributed by atoms with Gasteiger partial charge in [-0.1, -0.05) is 12.1 Å². The number of carboxylic acid groups (broad SMARTS) is 1. The maximum Gasteiger partial charge on any atom is 0.303 e. The molecule has 0 aliphatic rings. The summed E-state index contributed by atoms with van der Waals surface area (Å²) in [5.41, 5.74) is 1.01. The van der Waals surface area contributed by atoms with E-state index in [1.54, 1.807) is 6.92 Å². The molecule has 0 saturated carbocycles. The van der Waals surface area contributed by atoms with Gasteiger partial charge < -0.3 is 9.84 Å². The highest BCUT2D eigenvalue weighted by molar-refractivity contribution is 5.67. The maximum atomic E-state index is 10.4. The molecule has 1 rings (SSSR count). The van der Waals surface area contributed by atoms with E-state index in [1.165, 1.54) is 0 Å². The Kier molecular flexibility index (Phi) is 5.67. The lowest BCUT2D eigenvalue weighted by molar-refractivity contribution is -0.136. The van der Waals surface area contributed by atoms with Crippen molar-refractivity contribution in [2.45, 2.75) is 26.2 Å². The van der Waals surface area contributed by atoms with E-state index in [9.17, 15) is 4.79 Å². The molecule has 0 fully saturated rings. The van der Waals surface area contributed by atoms with Crippen LogP contribution in [0.1, 0.15) is 25.3 Å². The zero-order valence-electron chi connectivity index (χ0n) is 9.90. The lowest BCUT2D eigenvalue weighted by atomic mass is 10.1. The molecule has 90 valence electrons. The largest absolute Gasteiger partial charge is 0.493 e. The van der Waals surface area contributed by atoms with Gasteiger partial charge in [0, 0.05) is 12.8 Å². The van der Waals surface area contributed by atoms with Gasteiger partial charge in [0.2, 0.25) is 0 Å². The highest BCUT2D eigenvalue weighted by Gasteiger charge is 1.99. The predicted octanol–water partition coefficient (Wildman–Crippen LogP) is 2.50. The number of carboxylic acids is 1. The summed E-state index contributed by atoms with van der Waals surface area (Å²) in [5.74, 6) is 5.75. The lowest BCUT2D eigenvalue weighted by Crippen LogP contribution is -1.98. The van der Waals surface area contributed by atoms with E-state index in [0.29, 0.717) is 13.0 Å². The fraction of sp³-hybridized carbons (Fsp3) is 0.357. The van der Waals surface area contributed by atoms with Crippen molar-refractivity contribution in [3.63, 3.8) is 0 Å². The van der Waals surface area contributed by atoms with E-state index in [-0.39, 0.29) is 6.42 Å². The lowest BCUT2D eigenvalue weighted by Gasteiger charge is -2.05. The standard InChI is InChI=1S/C14H16O3/c1-2-3-4-11-17-13-8-5-12(6-9-13)7-10-14(15)16/h5-6,8-9H,4,7,10-11H2,1H3,(H,15,16). The molecule has 1 N–H and O–H groups in total. The van der Waals surface area contributed by atoms with Gasteiger partial charge in [0.05, 0.1) is 6.61 Å². The molecule has 17 heavy (non-hydrogen) atoms. The van der Waals surface area contributed by atoms with E-state index in [0.717, 1.165) is 17.7 Å². The van der Waals surface area contributed by atoms with Crippen molar-refractivity contribution < 1.29 is 14.6 Å². The number of rotatable bonds is 6. The SMILES string of the molecule is CC#CCCOc1ccc(CCC(=O)O)cc1. The minimum absolute atomic E-state index is 0.159. The van der Waals surface area contributed by atoms with Gasteiger partial charge in [0.1, 0.15) is 5.75 Å². The Hall–Kier alpha value is -1.95. The van der Waals surface area contributed by atoms with Crippen LogP contribution in [0.2, 0.25) is 0 Å². The topological polar surface area (TPSA) is 46.5 Å². The molecule has 3 heteroatoms. The third-order valence-electron chi connectivity index (χ3n) is 2.22. The maximum absolute atomic E-state index is 10.4. The van der Waals surface area contributed by atoms with Crippen molar-refractivity contribution in [2.75, 3.05) is 6.61 Å². The van der Waals surface area contributed by atoms with Crippen LogP contribution in [0, 0.1) is 11.8 Å². The molecule has 3 nitrogen and oxygen atoms in total. The van der Waals surface area contributed by atoms with Crippen molar-refractivity contribution in [1.29, 1.82) is 0 Å². The molecular formula is C14H16O3. The van der Waals surface area contributed by atoms with Crippen LogP contribution in [0.3, 0.4) is 0 Å². The molecule has 1 aromatic carbocycles. The molecule has 0 heterocycles. The Balaban J connectivity index is 2.38. The number of carbonyl (C=O) groups is 1. The fourth-order valence-corrected chi connectivity index (χ4v) is 1.35. The monoisotopic (exact) mass is 232 g/mol. The molecular weight excluding hydrogens is 216 g/mol. The summed E-state index contributed by atoms with van der Waals surface area (Å²) >= 11 is 0. The number of aliphatic carboxylic acids is 1. The molecule has 0 saturated heterocycles. The first kappa shape index (κ1) is 13.1. The van der Waals surface area contributed by atoms with Crippen LogP contribution in [0.15, 0.2) is 24.3 Å². The van der Waals surface area contributed by atoms with E-state index < -0.39 is 5.97 Å². The van der Waals surface area contributed by atoms with Gasteiger partial charge in [-0.3, -0.25) is 4.79 Å². The third kappa shape index (κ3) is 5.62. The Labute approximate surface area is 101 Å². The van der Waals surface area contributed by atoms with E-state index in [2.05, 4.69) is 11.8 Å². The highest BCUT2D eigenvalue weighted by Crippen LogP contribution is 2.13. The average Bonchev–Trinajstić information content (AvgIpc) is 2.33. The van der Waals surface area contributed by atoms with Crippen molar-refractivity contribution in [3.8, 4) is 17.6 Å². The van der Waals surface area contributed by atoms with Crippen molar-refractivity contribution in [1.82, 2.24) is 0 Å². The predicted molar refractivity (Wildman–Crippen MR) is 66.0 cm³/mol. The molecule has 0 aliphatic carbocycles. The fourth-order valence-electron chi connectivity index (χ4n) is 1.35. The average molecular weight is 232 g/mol. The molecule has 0 unspecified atom stereocenters. The van der Waals surface area contributed by atoms with E-state index in [1.807, 2.05) is 24.3 Å². The quantitative estimate of drug-likeness (QED) is 0.605.